The molecule has 1 aromatic carbocycles. The maximum absolute atomic E-state index is 15.7. The molecule has 0 saturated heterocycles. The largest absolute Gasteiger partial charge is 0.377 e. The molecule has 1 N–H and O–H groups in total. The summed E-state index contributed by atoms with van der Waals surface area (Å²) in [4.78, 5) is 15.0. The molecule has 14 heteroatoms. The number of carbonyl (C=O) groups is 1. The predicted octanol–water partition coefficient (Wildman–Crippen LogP) is 4.90. The molecule has 2 aromatic heterocycles. The number of aliphatic hydroxyl groups is 1. The summed E-state index contributed by atoms with van der Waals surface area (Å²) >= 11 is 3.32. The van der Waals surface area contributed by atoms with Crippen molar-refractivity contribution in [2.45, 2.75) is 24.5 Å². The lowest BCUT2D eigenvalue weighted by atomic mass is 9.84. The third kappa shape index (κ3) is 6.76. The molecule has 0 amide bonds. The van der Waals surface area contributed by atoms with Crippen molar-refractivity contribution < 1.29 is 31.9 Å². The van der Waals surface area contributed by atoms with E-state index in [9.17, 15) is 23.1 Å². The number of benzene rings is 1. The summed E-state index contributed by atoms with van der Waals surface area (Å²) in [6, 6.07) is 3.83. The molecule has 37 heavy (non-hydrogen) atoms. The lowest BCUT2D eigenvalue weighted by molar-refractivity contribution is -0.207. The normalized spacial score (nSPS) is 14.1. The highest BCUT2D eigenvalue weighted by molar-refractivity contribution is 14.1. The van der Waals surface area contributed by atoms with Gasteiger partial charge in [0.15, 0.2) is 5.60 Å². The van der Waals surface area contributed by atoms with E-state index in [4.69, 9.17) is 0 Å². The van der Waals surface area contributed by atoms with Crippen LogP contribution in [0.4, 0.5) is 22.0 Å². The molecule has 1 unspecified atom stereocenters. The van der Waals surface area contributed by atoms with Crippen LogP contribution in [0.15, 0.2) is 64.4 Å². The number of aromatic nitrogens is 5. The summed E-state index contributed by atoms with van der Waals surface area (Å²) < 4.78 is 75.2. The molecule has 3 aromatic rings. The Morgan fingerprint density at radius 1 is 1.22 bits per heavy atom. The third-order valence-corrected chi connectivity index (χ3v) is 6.20. The van der Waals surface area contributed by atoms with Crippen molar-refractivity contribution in [2.24, 2.45) is 0 Å². The summed E-state index contributed by atoms with van der Waals surface area (Å²) in [5, 5.41) is 21.2. The van der Waals surface area contributed by atoms with Crippen LogP contribution in [-0.2, 0) is 22.9 Å². The van der Waals surface area contributed by atoms with Crippen molar-refractivity contribution in [3.63, 3.8) is 0 Å². The number of hydrogen-bond acceptors (Lipinski definition) is 6. The van der Waals surface area contributed by atoms with E-state index in [2.05, 4.69) is 32.4 Å². The molecule has 0 radical (unpaired) electrons. The van der Waals surface area contributed by atoms with Crippen LogP contribution in [0.25, 0.3) is 0 Å². The minimum Gasteiger partial charge on any atom is -0.377 e. The van der Waals surface area contributed by atoms with Crippen molar-refractivity contribution in [3.8, 4) is 11.8 Å². The maximum Gasteiger partial charge on any atom is 0.323 e. The van der Waals surface area contributed by atoms with E-state index >= 15 is 8.78 Å². The Morgan fingerprint density at radius 2 is 1.97 bits per heavy atom. The van der Waals surface area contributed by atoms with Crippen molar-refractivity contribution in [1.29, 1.82) is 0 Å². The number of carbonyl (C=O) groups excluding carboxylic acids is 1. The number of halogens is 7. The van der Waals surface area contributed by atoms with Crippen LogP contribution in [0.3, 0.4) is 0 Å². The van der Waals surface area contributed by atoms with E-state index in [0.717, 1.165) is 41.5 Å². The van der Waals surface area contributed by atoms with Crippen LogP contribution in [0, 0.1) is 23.5 Å². The predicted molar refractivity (Wildman–Crippen MR) is 138 cm³/mol. The highest BCUT2D eigenvalue weighted by Crippen LogP contribution is 2.46. The molecule has 0 spiro atoms. The molecular weight excluding hydrogens is 727 g/mol. The highest BCUT2D eigenvalue weighted by atomic mass is 127. The summed E-state index contributed by atoms with van der Waals surface area (Å²) in [7, 11) is 0. The molecule has 192 valence electrons. The van der Waals surface area contributed by atoms with Gasteiger partial charge < -0.3 is 5.11 Å². The summed E-state index contributed by atoms with van der Waals surface area (Å²) in [5.74, 6) is -2.26. The van der Waals surface area contributed by atoms with Gasteiger partial charge in [0.25, 0.3) is 0 Å². The van der Waals surface area contributed by atoms with Crippen LogP contribution in [0.1, 0.15) is 23.2 Å². The van der Waals surface area contributed by atoms with Gasteiger partial charge in [-0.1, -0.05) is 34.4 Å². The summed E-state index contributed by atoms with van der Waals surface area (Å²) in [5.41, 5.74) is -4.80. The van der Waals surface area contributed by atoms with E-state index in [1.165, 1.54) is 26.7 Å². The molecule has 3 rings (SSSR count). The lowest BCUT2D eigenvalue weighted by Gasteiger charge is -2.35. The first-order valence-corrected chi connectivity index (χ1v) is 12.4. The zero-order valence-electron chi connectivity index (χ0n) is 18.3. The minimum absolute atomic E-state index is 0.152. The second kappa shape index (κ2) is 12.2. The Kier molecular flexibility index (Phi) is 9.47. The number of rotatable bonds is 8. The monoisotopic (exact) mass is 741 g/mol. The summed E-state index contributed by atoms with van der Waals surface area (Å²) in [6.45, 7) is -0.988. The maximum atomic E-state index is 15.7. The van der Waals surface area contributed by atoms with Crippen molar-refractivity contribution in [2.75, 3.05) is 0 Å². The van der Waals surface area contributed by atoms with Gasteiger partial charge in [0, 0.05) is 51.6 Å². The molecule has 0 aliphatic heterocycles. The summed E-state index contributed by atoms with van der Waals surface area (Å²) in [6.07, 6.45) is 2.61. The SMILES string of the molecule is O=C(I)C(/C=C(\F)CC#Cc1ccc(C(F)(F)C(O)(Cn2cnnn2)c2ccc(F)cc2F)nc1)=C\I. The fraction of sp³-hybridized carbons (Fsp3) is 0.174. The van der Waals surface area contributed by atoms with E-state index in [1.54, 1.807) is 22.6 Å². The topological polar surface area (TPSA) is 93.8 Å². The van der Waals surface area contributed by atoms with Crippen molar-refractivity contribution in [3.05, 3.63) is 92.9 Å². The molecule has 0 aliphatic carbocycles. The second-order valence-corrected chi connectivity index (χ2v) is 9.01. The first-order valence-electron chi connectivity index (χ1n) is 10.1. The van der Waals surface area contributed by atoms with Crippen LogP contribution in [-0.4, -0.2) is 34.1 Å². The Morgan fingerprint density at radius 3 is 2.54 bits per heavy atom. The zero-order chi connectivity index (χ0) is 27.2. The van der Waals surface area contributed by atoms with Crippen LogP contribution in [0.5, 0.6) is 0 Å². The van der Waals surface area contributed by atoms with Gasteiger partial charge in [0.2, 0.25) is 3.79 Å². The fourth-order valence-corrected chi connectivity index (χ4v) is 4.48. The molecular formula is C23H14F5I2N5O2. The number of nitrogens with zero attached hydrogens (tertiary/aromatic N) is 5. The quantitative estimate of drug-likeness (QED) is 0.0883. The Labute approximate surface area is 234 Å². The van der Waals surface area contributed by atoms with Gasteiger partial charge in [-0.25, -0.2) is 17.9 Å². The second-order valence-electron chi connectivity index (χ2n) is 7.41. The van der Waals surface area contributed by atoms with Gasteiger partial charge in [-0.3, -0.25) is 9.78 Å². The van der Waals surface area contributed by atoms with Gasteiger partial charge in [0.1, 0.15) is 29.5 Å². The first kappa shape index (κ1) is 28.8. The van der Waals surface area contributed by atoms with E-state index < -0.39 is 46.8 Å². The number of hydrogen-bond donors (Lipinski definition) is 1. The van der Waals surface area contributed by atoms with Crippen LogP contribution in [0.2, 0.25) is 0 Å². The highest BCUT2D eigenvalue weighted by Gasteiger charge is 2.57. The van der Waals surface area contributed by atoms with Crippen molar-refractivity contribution in [1.82, 2.24) is 25.2 Å². The molecule has 0 aliphatic rings. The van der Waals surface area contributed by atoms with Crippen LogP contribution < -0.4 is 0 Å². The lowest BCUT2D eigenvalue weighted by Crippen LogP contribution is -2.48. The Hall–Kier alpha value is -2.78. The van der Waals surface area contributed by atoms with Gasteiger partial charge in [-0.05, 0) is 44.9 Å². The van der Waals surface area contributed by atoms with Crippen LogP contribution >= 0.6 is 45.2 Å². The number of tetrazole rings is 1. The number of allylic oxidation sites excluding steroid dienone is 3. The van der Waals surface area contributed by atoms with E-state index in [-0.39, 0.29) is 21.3 Å². The minimum atomic E-state index is -4.22. The van der Waals surface area contributed by atoms with Gasteiger partial charge in [-0.2, -0.15) is 8.78 Å². The van der Waals surface area contributed by atoms with Gasteiger partial charge >= 0.3 is 5.92 Å². The molecule has 0 fully saturated rings. The third-order valence-electron chi connectivity index (χ3n) is 4.91. The number of pyridine rings is 1. The standard InChI is InChI=1S/C23H14F5I2N5O2/c24-16(8-15(10-29)21(30)36)3-1-2-14-4-7-20(31-11-14)23(27,28)22(37,12-35-13-32-33-34-35)18-6-5-17(25)9-19(18)26/h4-11,13,37H,3,12H2/b15-10-,16-8-. The molecule has 0 bridgehead atoms. The molecule has 1 atom stereocenters. The molecule has 7 nitrogen and oxygen atoms in total. The average Bonchev–Trinajstić information content (AvgIpc) is 3.35. The first-order chi connectivity index (χ1) is 17.5. The van der Waals surface area contributed by atoms with E-state index in [1.807, 2.05) is 0 Å². The Bertz CT molecular complexity index is 1400. The average molecular weight is 741 g/mol. The fourth-order valence-electron chi connectivity index (χ4n) is 3.11. The molecule has 0 saturated carbocycles. The van der Waals surface area contributed by atoms with Gasteiger partial charge in [0.05, 0.1) is 13.0 Å². The molecule has 2 heterocycles. The van der Waals surface area contributed by atoms with Gasteiger partial charge in [-0.15, -0.1) is 5.10 Å². The smallest absolute Gasteiger partial charge is 0.323 e. The number of alkyl halides is 2. The van der Waals surface area contributed by atoms with E-state index in [0.29, 0.717) is 12.1 Å². The zero-order valence-corrected chi connectivity index (χ0v) is 22.7. The van der Waals surface area contributed by atoms with Crippen molar-refractivity contribution >= 4 is 49.0 Å². The Balaban J connectivity index is 1.91.